The van der Waals surface area contributed by atoms with Crippen molar-refractivity contribution >= 4 is 28.2 Å². The van der Waals surface area contributed by atoms with Crippen LogP contribution in [0.2, 0.25) is 0 Å². The number of furan rings is 1. The number of para-hydroxylation sites is 1. The van der Waals surface area contributed by atoms with Crippen molar-refractivity contribution in [1.82, 2.24) is 4.98 Å². The predicted molar refractivity (Wildman–Crippen MR) is 100 cm³/mol. The van der Waals surface area contributed by atoms with Gasteiger partial charge in [-0.2, -0.15) is 0 Å². The highest BCUT2D eigenvalue weighted by molar-refractivity contribution is 6.13. The number of carbonyl (C=O) groups is 1. The lowest BCUT2D eigenvalue weighted by Crippen LogP contribution is -2.13. The SMILES string of the molecule is O=C(Nc1ccc([N+](=O)[O-])cc1)c1cc(-c2ccco2)nc2ccccc12. The molecule has 0 aliphatic rings. The molecule has 7 heteroatoms. The first-order valence-corrected chi connectivity index (χ1v) is 8.11. The molecule has 1 amide bonds. The molecule has 0 bridgehead atoms. The zero-order valence-corrected chi connectivity index (χ0v) is 14.0. The summed E-state index contributed by atoms with van der Waals surface area (Å²) in [6.07, 6.45) is 1.54. The number of rotatable bonds is 4. The summed E-state index contributed by atoms with van der Waals surface area (Å²) in [7, 11) is 0. The van der Waals surface area contributed by atoms with Crippen molar-refractivity contribution in [2.45, 2.75) is 0 Å². The molecule has 0 saturated carbocycles. The molecular weight excluding hydrogens is 346 g/mol. The van der Waals surface area contributed by atoms with Gasteiger partial charge in [0.2, 0.25) is 0 Å². The van der Waals surface area contributed by atoms with Gasteiger partial charge < -0.3 is 9.73 Å². The van der Waals surface area contributed by atoms with E-state index < -0.39 is 4.92 Å². The number of non-ortho nitro benzene ring substituents is 1. The number of aromatic nitrogens is 1. The van der Waals surface area contributed by atoms with Crippen LogP contribution in [0.15, 0.2) is 77.4 Å². The molecule has 0 aliphatic heterocycles. The minimum atomic E-state index is -0.488. The van der Waals surface area contributed by atoms with E-state index in [1.54, 1.807) is 24.5 Å². The van der Waals surface area contributed by atoms with Crippen LogP contribution < -0.4 is 5.32 Å². The molecule has 4 aromatic rings. The lowest BCUT2D eigenvalue weighted by molar-refractivity contribution is -0.384. The second-order valence-corrected chi connectivity index (χ2v) is 5.81. The summed E-state index contributed by atoms with van der Waals surface area (Å²) in [6.45, 7) is 0. The van der Waals surface area contributed by atoms with Gasteiger partial charge >= 0.3 is 0 Å². The van der Waals surface area contributed by atoms with Crippen LogP contribution in [-0.4, -0.2) is 15.8 Å². The Labute approximate surface area is 153 Å². The average molecular weight is 359 g/mol. The van der Waals surface area contributed by atoms with Crippen LogP contribution in [-0.2, 0) is 0 Å². The number of nitrogens with one attached hydrogen (secondary N) is 1. The van der Waals surface area contributed by atoms with Gasteiger partial charge in [-0.3, -0.25) is 14.9 Å². The highest BCUT2D eigenvalue weighted by Crippen LogP contribution is 2.26. The van der Waals surface area contributed by atoms with Crippen LogP contribution in [0, 0.1) is 10.1 Å². The van der Waals surface area contributed by atoms with Crippen molar-refractivity contribution < 1.29 is 14.1 Å². The Hall–Kier alpha value is -4.00. The first kappa shape index (κ1) is 16.5. The third-order valence-corrected chi connectivity index (χ3v) is 4.07. The molecule has 0 spiro atoms. The fraction of sp³-hybridized carbons (Fsp3) is 0. The summed E-state index contributed by atoms with van der Waals surface area (Å²) >= 11 is 0. The molecule has 2 aromatic carbocycles. The minimum absolute atomic E-state index is 0.0394. The quantitative estimate of drug-likeness (QED) is 0.422. The van der Waals surface area contributed by atoms with E-state index in [1.165, 1.54) is 24.3 Å². The normalized spacial score (nSPS) is 10.7. The number of anilines is 1. The van der Waals surface area contributed by atoms with Crippen LogP contribution >= 0.6 is 0 Å². The Morgan fingerprint density at radius 1 is 1.04 bits per heavy atom. The van der Waals surface area contributed by atoms with Crippen molar-refractivity contribution in [3.8, 4) is 11.5 Å². The van der Waals surface area contributed by atoms with Crippen LogP contribution in [0.3, 0.4) is 0 Å². The topological polar surface area (TPSA) is 98.3 Å². The Bertz CT molecular complexity index is 1140. The molecule has 0 aliphatic carbocycles. The van der Waals surface area contributed by atoms with Gasteiger partial charge in [-0.15, -0.1) is 0 Å². The van der Waals surface area contributed by atoms with E-state index in [1.807, 2.05) is 24.3 Å². The smallest absolute Gasteiger partial charge is 0.269 e. The molecule has 0 unspecified atom stereocenters. The van der Waals surface area contributed by atoms with Gasteiger partial charge in [0.05, 0.1) is 22.3 Å². The summed E-state index contributed by atoms with van der Waals surface area (Å²) in [5.74, 6) is 0.223. The summed E-state index contributed by atoms with van der Waals surface area (Å²) in [5.41, 5.74) is 2.08. The molecule has 0 atom stereocenters. The number of nitro groups is 1. The van der Waals surface area contributed by atoms with Crippen molar-refractivity contribution in [3.63, 3.8) is 0 Å². The minimum Gasteiger partial charge on any atom is -0.463 e. The first-order chi connectivity index (χ1) is 13.1. The number of carbonyl (C=O) groups excluding carboxylic acids is 1. The van der Waals surface area contributed by atoms with Gasteiger partial charge in [0.15, 0.2) is 5.76 Å². The lowest BCUT2D eigenvalue weighted by atomic mass is 10.1. The molecule has 0 saturated heterocycles. The maximum absolute atomic E-state index is 12.9. The number of nitro benzene ring substituents is 1. The maximum atomic E-state index is 12.9. The number of nitrogens with zero attached hydrogens (tertiary/aromatic N) is 2. The Kier molecular flexibility index (Phi) is 4.10. The van der Waals surface area contributed by atoms with Gasteiger partial charge in [0.25, 0.3) is 11.6 Å². The molecule has 0 fully saturated rings. The Morgan fingerprint density at radius 3 is 2.52 bits per heavy atom. The van der Waals surface area contributed by atoms with Gasteiger partial charge in [-0.05, 0) is 36.4 Å². The predicted octanol–water partition coefficient (Wildman–Crippen LogP) is 4.66. The largest absolute Gasteiger partial charge is 0.463 e. The van der Waals surface area contributed by atoms with E-state index in [0.29, 0.717) is 33.6 Å². The number of hydrogen-bond acceptors (Lipinski definition) is 5. The standard InChI is InChI=1S/C20H13N3O4/c24-20(21-13-7-9-14(10-8-13)23(25)26)16-12-18(19-6-3-11-27-19)22-17-5-2-1-4-15(16)17/h1-12H,(H,21,24). The molecule has 1 N–H and O–H groups in total. The number of hydrogen-bond donors (Lipinski definition) is 1. The van der Waals surface area contributed by atoms with Gasteiger partial charge in [-0.1, -0.05) is 18.2 Å². The number of pyridine rings is 1. The van der Waals surface area contributed by atoms with Crippen molar-refractivity contribution in [2.75, 3.05) is 5.32 Å². The molecular formula is C20H13N3O4. The first-order valence-electron chi connectivity index (χ1n) is 8.11. The van der Waals surface area contributed by atoms with Crippen LogP contribution in [0.1, 0.15) is 10.4 Å². The molecule has 2 aromatic heterocycles. The monoisotopic (exact) mass is 359 g/mol. The van der Waals surface area contributed by atoms with Crippen LogP contribution in [0.4, 0.5) is 11.4 Å². The van der Waals surface area contributed by atoms with E-state index in [0.717, 1.165) is 0 Å². The number of amides is 1. The van der Waals surface area contributed by atoms with Crippen molar-refractivity contribution in [2.24, 2.45) is 0 Å². The van der Waals surface area contributed by atoms with E-state index in [2.05, 4.69) is 10.3 Å². The number of benzene rings is 2. The van der Waals surface area contributed by atoms with E-state index in [-0.39, 0.29) is 11.6 Å². The van der Waals surface area contributed by atoms with Gasteiger partial charge in [0, 0.05) is 23.2 Å². The molecule has 0 radical (unpaired) electrons. The van der Waals surface area contributed by atoms with E-state index >= 15 is 0 Å². The zero-order chi connectivity index (χ0) is 18.8. The maximum Gasteiger partial charge on any atom is 0.269 e. The second kappa shape index (κ2) is 6.72. The molecule has 27 heavy (non-hydrogen) atoms. The van der Waals surface area contributed by atoms with Gasteiger partial charge in [0.1, 0.15) is 5.69 Å². The highest BCUT2D eigenvalue weighted by atomic mass is 16.6. The third-order valence-electron chi connectivity index (χ3n) is 4.07. The fourth-order valence-corrected chi connectivity index (χ4v) is 2.78. The van der Waals surface area contributed by atoms with Crippen molar-refractivity contribution in [1.29, 1.82) is 0 Å². The van der Waals surface area contributed by atoms with Crippen molar-refractivity contribution in [3.05, 3.63) is 88.7 Å². The molecule has 7 nitrogen and oxygen atoms in total. The zero-order valence-electron chi connectivity index (χ0n) is 14.0. The van der Waals surface area contributed by atoms with E-state index in [9.17, 15) is 14.9 Å². The summed E-state index contributed by atoms with van der Waals surface area (Å²) < 4.78 is 5.40. The van der Waals surface area contributed by atoms with Crippen LogP contribution in [0.5, 0.6) is 0 Å². The third kappa shape index (κ3) is 3.25. The summed E-state index contributed by atoms with van der Waals surface area (Å²) in [4.78, 5) is 27.7. The number of fused-ring (bicyclic) bond motifs is 1. The Morgan fingerprint density at radius 2 is 1.81 bits per heavy atom. The van der Waals surface area contributed by atoms with Crippen LogP contribution in [0.25, 0.3) is 22.4 Å². The summed E-state index contributed by atoms with van der Waals surface area (Å²) in [5, 5.41) is 14.2. The molecule has 132 valence electrons. The molecule has 4 rings (SSSR count). The Balaban J connectivity index is 1.73. The van der Waals surface area contributed by atoms with Gasteiger partial charge in [-0.25, -0.2) is 4.98 Å². The fourth-order valence-electron chi connectivity index (χ4n) is 2.78. The lowest BCUT2D eigenvalue weighted by Gasteiger charge is -2.09. The highest BCUT2D eigenvalue weighted by Gasteiger charge is 2.15. The average Bonchev–Trinajstić information content (AvgIpc) is 3.22. The van der Waals surface area contributed by atoms with E-state index in [4.69, 9.17) is 4.42 Å². The second-order valence-electron chi connectivity index (χ2n) is 5.81. The summed E-state index contributed by atoms with van der Waals surface area (Å²) in [6, 6.07) is 18.2. The molecule has 2 heterocycles.